The predicted molar refractivity (Wildman–Crippen MR) is 137 cm³/mol. The Bertz CT molecular complexity index is 1080. The van der Waals surface area contributed by atoms with Crippen LogP contribution in [0, 0.1) is 0 Å². The van der Waals surface area contributed by atoms with Crippen LogP contribution in [0.5, 0.6) is 5.75 Å². The van der Waals surface area contributed by atoms with Crippen molar-refractivity contribution in [1.82, 2.24) is 9.80 Å². The second-order valence-corrected chi connectivity index (χ2v) is 10.6. The van der Waals surface area contributed by atoms with Gasteiger partial charge in [0.2, 0.25) is 5.91 Å². The summed E-state index contributed by atoms with van der Waals surface area (Å²) in [5.41, 5.74) is 1.27. The molecule has 188 valence electrons. The van der Waals surface area contributed by atoms with Crippen LogP contribution in [0.4, 0.5) is 10.5 Å². The zero-order valence-corrected chi connectivity index (χ0v) is 21.7. The number of nitrogens with one attached hydrogen (secondary N) is 1. The molecule has 0 aromatic heterocycles. The molecule has 0 spiro atoms. The number of methoxy groups -OCH3 is 1. The van der Waals surface area contributed by atoms with Gasteiger partial charge in [-0.25, -0.2) is 4.79 Å². The van der Waals surface area contributed by atoms with Crippen LogP contribution in [0.2, 0.25) is 5.02 Å². The van der Waals surface area contributed by atoms with E-state index in [1.54, 1.807) is 18.1 Å². The van der Waals surface area contributed by atoms with Crippen molar-refractivity contribution in [3.8, 4) is 5.75 Å². The zero-order valence-electron chi connectivity index (χ0n) is 20.9. The molecule has 1 N–H and O–H groups in total. The molecule has 2 aromatic carbocycles. The van der Waals surface area contributed by atoms with Gasteiger partial charge < -0.3 is 19.7 Å². The molecule has 1 unspecified atom stereocenters. The van der Waals surface area contributed by atoms with Gasteiger partial charge in [0.1, 0.15) is 16.8 Å². The van der Waals surface area contributed by atoms with E-state index in [0.29, 0.717) is 30.3 Å². The summed E-state index contributed by atoms with van der Waals surface area (Å²) in [5, 5.41) is 3.55. The average molecular weight is 500 g/mol. The molecule has 0 bridgehead atoms. The highest BCUT2D eigenvalue weighted by Gasteiger charge is 2.48. The Labute approximate surface area is 212 Å². The summed E-state index contributed by atoms with van der Waals surface area (Å²) < 4.78 is 10.9. The van der Waals surface area contributed by atoms with Gasteiger partial charge in [-0.2, -0.15) is 0 Å². The number of hydrogen-bond donors (Lipinski definition) is 1. The van der Waals surface area contributed by atoms with E-state index in [0.717, 1.165) is 42.9 Å². The lowest BCUT2D eigenvalue weighted by molar-refractivity contribution is -0.119. The number of halogens is 1. The highest BCUT2D eigenvalue weighted by molar-refractivity contribution is 6.32. The van der Waals surface area contributed by atoms with Gasteiger partial charge in [-0.1, -0.05) is 41.9 Å². The van der Waals surface area contributed by atoms with Gasteiger partial charge in [-0.05, 0) is 57.4 Å². The number of piperazine rings is 1. The van der Waals surface area contributed by atoms with Gasteiger partial charge in [-0.15, -0.1) is 0 Å². The third-order valence-electron chi connectivity index (χ3n) is 6.70. The second-order valence-electron chi connectivity index (χ2n) is 10.2. The first-order valence-electron chi connectivity index (χ1n) is 12.1. The number of carbonyl (C=O) groups is 2. The van der Waals surface area contributed by atoms with Gasteiger partial charge in [-0.3, -0.25) is 9.69 Å². The van der Waals surface area contributed by atoms with Crippen molar-refractivity contribution in [2.24, 2.45) is 0 Å². The van der Waals surface area contributed by atoms with Crippen LogP contribution in [-0.4, -0.2) is 67.2 Å². The first-order valence-corrected chi connectivity index (χ1v) is 12.5. The molecule has 1 atom stereocenters. The third kappa shape index (κ3) is 5.26. The van der Waals surface area contributed by atoms with Crippen molar-refractivity contribution in [3.63, 3.8) is 0 Å². The molecule has 2 aromatic rings. The summed E-state index contributed by atoms with van der Waals surface area (Å²) in [7, 11) is 1.57. The molecule has 1 saturated heterocycles. The van der Waals surface area contributed by atoms with E-state index in [9.17, 15) is 9.59 Å². The van der Waals surface area contributed by atoms with E-state index in [1.165, 1.54) is 0 Å². The second kappa shape index (κ2) is 10.1. The van der Waals surface area contributed by atoms with Crippen LogP contribution in [-0.2, 0) is 14.9 Å². The van der Waals surface area contributed by atoms with Crippen molar-refractivity contribution in [2.75, 3.05) is 45.2 Å². The molecule has 4 rings (SSSR count). The lowest BCUT2D eigenvalue weighted by atomic mass is 9.72. The molecular weight excluding hydrogens is 466 g/mol. The number of carbonyl (C=O) groups excluding carboxylic acids is 2. The molecule has 2 heterocycles. The summed E-state index contributed by atoms with van der Waals surface area (Å²) >= 11 is 6.49. The van der Waals surface area contributed by atoms with Crippen LogP contribution in [0.15, 0.2) is 42.5 Å². The minimum atomic E-state index is -0.815. The van der Waals surface area contributed by atoms with Gasteiger partial charge in [0.25, 0.3) is 0 Å². The Hall–Kier alpha value is -2.77. The molecule has 35 heavy (non-hydrogen) atoms. The standard InChI is InChI=1S/C27H34ClN3O4/c1-26(2,3)35-25(33)31-15-13-30(14-16-31)12-8-11-27(19-9-6-5-7-10-19)20-17-21(28)23(34-4)18-22(20)29-24(27)32/h5-7,9-10,17-18H,8,11-16H2,1-4H3,(H,29,32). The lowest BCUT2D eigenvalue weighted by Crippen LogP contribution is -2.50. The topological polar surface area (TPSA) is 71.1 Å². The molecule has 2 amide bonds. The number of amides is 2. The van der Waals surface area contributed by atoms with Crippen molar-refractivity contribution in [3.05, 3.63) is 58.6 Å². The fourth-order valence-electron chi connectivity index (χ4n) is 4.97. The van der Waals surface area contributed by atoms with Crippen molar-refractivity contribution in [2.45, 2.75) is 44.6 Å². The maximum Gasteiger partial charge on any atom is 0.410 e. The number of rotatable bonds is 6. The Morgan fingerprint density at radius 2 is 1.80 bits per heavy atom. The minimum absolute atomic E-state index is 0.0437. The molecule has 1 fully saturated rings. The number of nitrogens with zero attached hydrogens (tertiary/aromatic N) is 2. The quantitative estimate of drug-likeness (QED) is 0.611. The average Bonchev–Trinajstić information content (AvgIpc) is 3.09. The Morgan fingerprint density at radius 1 is 1.11 bits per heavy atom. The van der Waals surface area contributed by atoms with Gasteiger partial charge in [0.15, 0.2) is 0 Å². The van der Waals surface area contributed by atoms with Crippen LogP contribution in [0.1, 0.15) is 44.7 Å². The zero-order chi connectivity index (χ0) is 25.2. The van der Waals surface area contributed by atoms with E-state index < -0.39 is 11.0 Å². The summed E-state index contributed by atoms with van der Waals surface area (Å²) in [6.45, 7) is 9.31. The first-order chi connectivity index (χ1) is 16.6. The number of hydrogen-bond acceptors (Lipinski definition) is 5. The lowest BCUT2D eigenvalue weighted by Gasteiger charge is -2.36. The fraction of sp³-hybridized carbons (Fsp3) is 0.481. The first kappa shape index (κ1) is 25.3. The normalized spacial score (nSPS) is 20.4. The van der Waals surface area contributed by atoms with Gasteiger partial charge in [0.05, 0.1) is 12.1 Å². The minimum Gasteiger partial charge on any atom is -0.495 e. The number of benzene rings is 2. The molecule has 2 aliphatic heterocycles. The maximum atomic E-state index is 13.5. The largest absolute Gasteiger partial charge is 0.495 e. The van der Waals surface area contributed by atoms with E-state index >= 15 is 0 Å². The van der Waals surface area contributed by atoms with Gasteiger partial charge in [0, 0.05) is 37.9 Å². The van der Waals surface area contributed by atoms with Crippen LogP contribution < -0.4 is 10.1 Å². The summed E-state index contributed by atoms with van der Waals surface area (Å²) in [5.74, 6) is 0.496. The number of fused-ring (bicyclic) bond motifs is 1. The van der Waals surface area contributed by atoms with E-state index in [-0.39, 0.29) is 12.0 Å². The molecule has 0 aliphatic carbocycles. The van der Waals surface area contributed by atoms with Crippen LogP contribution in [0.25, 0.3) is 0 Å². The van der Waals surface area contributed by atoms with E-state index in [1.807, 2.05) is 57.2 Å². The Kier molecular flexibility index (Phi) is 7.29. The molecule has 2 aliphatic rings. The van der Waals surface area contributed by atoms with Crippen molar-refractivity contribution >= 4 is 29.3 Å². The van der Waals surface area contributed by atoms with E-state index in [2.05, 4.69) is 10.2 Å². The molecule has 8 heteroatoms. The number of ether oxygens (including phenoxy) is 2. The maximum absolute atomic E-state index is 13.5. The summed E-state index contributed by atoms with van der Waals surface area (Å²) in [6.07, 6.45) is 1.20. The number of anilines is 1. The van der Waals surface area contributed by atoms with Crippen molar-refractivity contribution < 1.29 is 19.1 Å². The SMILES string of the molecule is COc1cc2c(cc1Cl)C(CCCN1CCN(C(=O)OC(C)(C)C)CC1)(c1ccccc1)C(=O)N2. The fourth-order valence-corrected chi connectivity index (χ4v) is 5.21. The highest BCUT2D eigenvalue weighted by atomic mass is 35.5. The highest BCUT2D eigenvalue weighted by Crippen LogP contribution is 2.48. The predicted octanol–water partition coefficient (Wildman–Crippen LogP) is 4.92. The molecular formula is C27H34ClN3O4. The Morgan fingerprint density at radius 3 is 2.43 bits per heavy atom. The summed E-state index contributed by atoms with van der Waals surface area (Å²) in [6, 6.07) is 13.6. The molecule has 7 nitrogen and oxygen atoms in total. The Balaban J connectivity index is 1.47. The summed E-state index contributed by atoms with van der Waals surface area (Å²) in [4.78, 5) is 30.0. The van der Waals surface area contributed by atoms with E-state index in [4.69, 9.17) is 21.1 Å². The molecule has 0 radical (unpaired) electrons. The third-order valence-corrected chi connectivity index (χ3v) is 7.00. The van der Waals surface area contributed by atoms with Crippen LogP contribution >= 0.6 is 11.6 Å². The van der Waals surface area contributed by atoms with Crippen LogP contribution in [0.3, 0.4) is 0 Å². The monoisotopic (exact) mass is 499 g/mol. The molecule has 0 saturated carbocycles. The van der Waals surface area contributed by atoms with Gasteiger partial charge >= 0.3 is 6.09 Å². The smallest absolute Gasteiger partial charge is 0.410 e. The van der Waals surface area contributed by atoms with Crippen molar-refractivity contribution in [1.29, 1.82) is 0 Å².